The number of rotatable bonds is 9. The van der Waals surface area contributed by atoms with Crippen molar-refractivity contribution in [2.75, 3.05) is 18.2 Å². The summed E-state index contributed by atoms with van der Waals surface area (Å²) in [7, 11) is 1.34. The zero-order chi connectivity index (χ0) is 23.4. The third-order valence-electron chi connectivity index (χ3n) is 4.95. The molecule has 3 heterocycles. The summed E-state index contributed by atoms with van der Waals surface area (Å²) in [4.78, 5) is 27.1. The summed E-state index contributed by atoms with van der Waals surface area (Å²) < 4.78 is 6.94. The number of hydrogen-bond acceptors (Lipinski definition) is 8. The smallest absolute Gasteiger partial charge is 0.341 e. The van der Waals surface area contributed by atoms with E-state index in [2.05, 4.69) is 52.3 Å². The molecule has 0 unspecified atom stereocenters. The molecule has 0 saturated carbocycles. The van der Waals surface area contributed by atoms with Gasteiger partial charge in [-0.2, -0.15) is 0 Å². The van der Waals surface area contributed by atoms with Gasteiger partial charge in [-0.15, -0.1) is 32.9 Å². The molecule has 0 atom stereocenters. The largest absolute Gasteiger partial charge is 0.465 e. The Morgan fingerprint density at radius 1 is 1.28 bits per heavy atom. The molecule has 0 aliphatic carbocycles. The van der Waals surface area contributed by atoms with Gasteiger partial charge in [0.05, 0.1) is 18.4 Å². The molecule has 172 valence electrons. The quantitative estimate of drug-likeness (QED) is 0.303. The highest BCUT2D eigenvalue weighted by atomic mass is 32.2. The second-order valence-corrected chi connectivity index (χ2v) is 10.8. The highest BCUT2D eigenvalue weighted by molar-refractivity contribution is 7.99. The van der Waals surface area contributed by atoms with Crippen LogP contribution >= 0.6 is 34.4 Å². The topological polar surface area (TPSA) is 86.1 Å². The summed E-state index contributed by atoms with van der Waals surface area (Å²) in [6, 6.07) is 2.32. The van der Waals surface area contributed by atoms with Crippen LogP contribution in [0.1, 0.15) is 58.9 Å². The minimum atomic E-state index is -0.447. The summed E-state index contributed by atoms with van der Waals surface area (Å²) in [6.45, 7) is 10.1. The third-order valence-corrected chi connectivity index (χ3v) is 8.01. The molecule has 1 N–H and O–H groups in total. The lowest BCUT2D eigenvalue weighted by Crippen LogP contribution is -2.16. The van der Waals surface area contributed by atoms with Crippen molar-refractivity contribution in [3.05, 3.63) is 32.3 Å². The van der Waals surface area contributed by atoms with Crippen molar-refractivity contribution in [2.24, 2.45) is 0 Å². The fourth-order valence-corrected chi connectivity index (χ4v) is 6.17. The van der Waals surface area contributed by atoms with E-state index in [1.807, 2.05) is 13.8 Å². The Kier molecular flexibility index (Phi) is 8.13. The number of nitrogens with one attached hydrogen (secondary N) is 1. The summed E-state index contributed by atoms with van der Waals surface area (Å²) >= 11 is 4.45. The van der Waals surface area contributed by atoms with Crippen LogP contribution in [0, 0.1) is 13.8 Å². The molecule has 0 aliphatic heterocycles. The number of aromatic nitrogens is 3. The zero-order valence-electron chi connectivity index (χ0n) is 19.1. The molecule has 0 fully saturated rings. The van der Waals surface area contributed by atoms with E-state index in [9.17, 15) is 9.59 Å². The fourth-order valence-electron chi connectivity index (χ4n) is 3.27. The number of methoxy groups -OCH3 is 1. The maximum atomic E-state index is 12.7. The highest BCUT2D eigenvalue weighted by Crippen LogP contribution is 2.34. The number of carbonyl (C=O) groups is 2. The van der Waals surface area contributed by atoms with Crippen molar-refractivity contribution in [3.8, 4) is 11.4 Å². The van der Waals surface area contributed by atoms with Crippen molar-refractivity contribution >= 4 is 51.3 Å². The maximum absolute atomic E-state index is 12.7. The molecule has 0 aliphatic rings. The van der Waals surface area contributed by atoms with Crippen LogP contribution in [0.4, 0.5) is 5.00 Å². The Labute approximate surface area is 200 Å². The Bertz CT molecular complexity index is 1110. The first-order valence-electron chi connectivity index (χ1n) is 10.4. The molecule has 3 rings (SSSR count). The Balaban J connectivity index is 1.75. The number of thioether (sulfide) groups is 1. The zero-order valence-corrected chi connectivity index (χ0v) is 21.6. The number of aryl methyl sites for hydroxylation is 2. The van der Waals surface area contributed by atoms with E-state index in [1.54, 1.807) is 11.3 Å². The highest BCUT2D eigenvalue weighted by Gasteiger charge is 2.23. The second-order valence-electron chi connectivity index (χ2n) is 7.64. The predicted octanol–water partition coefficient (Wildman–Crippen LogP) is 5.74. The van der Waals surface area contributed by atoms with Gasteiger partial charge in [-0.05, 0) is 45.7 Å². The molecule has 0 radical (unpaired) electrons. The molecule has 3 aromatic heterocycles. The molecule has 7 nitrogen and oxygen atoms in total. The van der Waals surface area contributed by atoms with Crippen molar-refractivity contribution in [3.63, 3.8) is 0 Å². The van der Waals surface area contributed by atoms with Gasteiger partial charge < -0.3 is 10.1 Å². The lowest BCUT2D eigenvalue weighted by molar-refractivity contribution is -0.113. The normalized spacial score (nSPS) is 11.2. The van der Waals surface area contributed by atoms with E-state index in [0.29, 0.717) is 15.7 Å². The molecular weight excluding hydrogens is 464 g/mol. The number of nitrogens with zero attached hydrogens (tertiary/aromatic N) is 3. The second kappa shape index (κ2) is 10.6. The van der Waals surface area contributed by atoms with Gasteiger partial charge in [0.25, 0.3) is 0 Å². The molecule has 3 aromatic rings. The molecule has 0 saturated heterocycles. The molecular formula is C22H28N4O3S3. The van der Waals surface area contributed by atoms with Crippen molar-refractivity contribution in [1.29, 1.82) is 0 Å². The van der Waals surface area contributed by atoms with Gasteiger partial charge in [0.1, 0.15) is 5.00 Å². The molecule has 1 amide bonds. The van der Waals surface area contributed by atoms with Crippen LogP contribution in [0.3, 0.4) is 0 Å². The van der Waals surface area contributed by atoms with Crippen LogP contribution < -0.4 is 5.32 Å². The van der Waals surface area contributed by atoms with Crippen LogP contribution in [-0.2, 0) is 16.0 Å². The predicted molar refractivity (Wildman–Crippen MR) is 132 cm³/mol. The van der Waals surface area contributed by atoms with Gasteiger partial charge in [0.15, 0.2) is 11.0 Å². The number of carbonyl (C=O) groups excluding carboxylic acids is 2. The van der Waals surface area contributed by atoms with E-state index in [-0.39, 0.29) is 17.7 Å². The summed E-state index contributed by atoms with van der Waals surface area (Å²) in [5.74, 6) is 0.324. The summed E-state index contributed by atoms with van der Waals surface area (Å²) in [5, 5.41) is 15.0. The van der Waals surface area contributed by atoms with Gasteiger partial charge in [-0.25, -0.2) is 4.79 Å². The SMILES string of the molecule is CCCc1cc(-c2nnc(SCC(=O)Nc3sc(C)c(C)c3C(=O)OC)n2C(C)C)cs1. The maximum Gasteiger partial charge on any atom is 0.341 e. The van der Waals surface area contributed by atoms with Crippen LogP contribution in [0.25, 0.3) is 11.4 Å². The van der Waals surface area contributed by atoms with E-state index >= 15 is 0 Å². The first-order chi connectivity index (χ1) is 15.3. The van der Waals surface area contributed by atoms with Crippen LogP contribution in [0.2, 0.25) is 0 Å². The first kappa shape index (κ1) is 24.5. The van der Waals surface area contributed by atoms with Crippen LogP contribution in [0.5, 0.6) is 0 Å². The van der Waals surface area contributed by atoms with Crippen LogP contribution in [0.15, 0.2) is 16.6 Å². The number of amides is 1. The van der Waals surface area contributed by atoms with E-state index < -0.39 is 5.97 Å². The van der Waals surface area contributed by atoms with Gasteiger partial charge >= 0.3 is 5.97 Å². The van der Waals surface area contributed by atoms with E-state index in [1.165, 1.54) is 35.1 Å². The molecule has 0 bridgehead atoms. The van der Waals surface area contributed by atoms with E-state index in [0.717, 1.165) is 34.7 Å². The first-order valence-corrected chi connectivity index (χ1v) is 13.1. The van der Waals surface area contributed by atoms with Gasteiger partial charge in [0.2, 0.25) is 5.91 Å². The summed E-state index contributed by atoms with van der Waals surface area (Å²) in [5.41, 5.74) is 2.30. The van der Waals surface area contributed by atoms with Gasteiger partial charge in [-0.3, -0.25) is 9.36 Å². The summed E-state index contributed by atoms with van der Waals surface area (Å²) in [6.07, 6.45) is 2.16. The number of ether oxygens (including phenoxy) is 1. The van der Waals surface area contributed by atoms with Crippen LogP contribution in [-0.4, -0.2) is 39.5 Å². The molecule has 0 aromatic carbocycles. The number of anilines is 1. The van der Waals surface area contributed by atoms with Crippen molar-refractivity contribution in [1.82, 2.24) is 14.8 Å². The minimum absolute atomic E-state index is 0.147. The lowest BCUT2D eigenvalue weighted by Gasteiger charge is -2.13. The van der Waals surface area contributed by atoms with E-state index in [4.69, 9.17) is 4.74 Å². The standard InChI is InChI=1S/C22H28N4O3S3/c1-7-8-16-9-15(10-30-16)19-24-25-22(26(19)12(2)3)31-11-17(27)23-20-18(21(28)29-6)13(4)14(5)32-20/h9-10,12H,7-8,11H2,1-6H3,(H,23,27). The van der Waals surface area contributed by atoms with Gasteiger partial charge in [-0.1, -0.05) is 25.1 Å². The Morgan fingerprint density at radius 3 is 2.69 bits per heavy atom. The Hall–Kier alpha value is -2.17. The average Bonchev–Trinajstić information content (AvgIpc) is 3.44. The Morgan fingerprint density at radius 2 is 2.03 bits per heavy atom. The van der Waals surface area contributed by atoms with Crippen molar-refractivity contribution in [2.45, 2.75) is 58.7 Å². The van der Waals surface area contributed by atoms with Gasteiger partial charge in [0, 0.05) is 26.7 Å². The minimum Gasteiger partial charge on any atom is -0.465 e. The fraction of sp³-hybridized carbons (Fsp3) is 0.455. The molecule has 10 heteroatoms. The monoisotopic (exact) mass is 492 g/mol. The number of esters is 1. The van der Waals surface area contributed by atoms with Crippen molar-refractivity contribution < 1.29 is 14.3 Å². The average molecular weight is 493 g/mol. The number of hydrogen-bond donors (Lipinski definition) is 1. The number of thiophene rings is 2. The lowest BCUT2D eigenvalue weighted by atomic mass is 10.1. The molecule has 0 spiro atoms. The third kappa shape index (κ3) is 5.24. The molecule has 32 heavy (non-hydrogen) atoms.